The first-order valence-corrected chi connectivity index (χ1v) is 11.0. The Labute approximate surface area is 190 Å². The maximum Gasteiger partial charge on any atom is 0.269 e. The monoisotopic (exact) mass is 454 g/mol. The van der Waals surface area contributed by atoms with Crippen LogP contribution in [0, 0.1) is 10.1 Å². The Morgan fingerprint density at radius 2 is 1.84 bits per heavy atom. The molecule has 0 saturated heterocycles. The molecule has 1 heterocycles. The van der Waals surface area contributed by atoms with Gasteiger partial charge in [-0.1, -0.05) is 48.2 Å². The van der Waals surface area contributed by atoms with Crippen LogP contribution in [-0.2, 0) is 6.42 Å². The Bertz CT molecular complexity index is 1090. The molecule has 166 valence electrons. The number of non-ortho nitro benzene ring substituents is 1. The van der Waals surface area contributed by atoms with Crippen LogP contribution in [0.5, 0.6) is 0 Å². The number of benzene rings is 2. The molecule has 0 bridgehead atoms. The third-order valence-corrected chi connectivity index (χ3v) is 6.08. The second kappa shape index (κ2) is 9.91. The van der Waals surface area contributed by atoms with E-state index in [0.29, 0.717) is 40.8 Å². The third-order valence-electron chi connectivity index (χ3n) is 5.75. The van der Waals surface area contributed by atoms with Crippen LogP contribution in [0.2, 0.25) is 5.02 Å². The van der Waals surface area contributed by atoms with Crippen LogP contribution in [0.3, 0.4) is 0 Å². The molecular weight excluding hydrogens is 432 g/mol. The van der Waals surface area contributed by atoms with Gasteiger partial charge in [0.2, 0.25) is 11.7 Å². The van der Waals surface area contributed by atoms with Crippen LogP contribution in [0.25, 0.3) is 11.4 Å². The molecule has 1 aromatic heterocycles. The van der Waals surface area contributed by atoms with Gasteiger partial charge in [0.05, 0.1) is 15.5 Å². The van der Waals surface area contributed by atoms with Gasteiger partial charge in [-0.05, 0) is 37.1 Å². The number of hydrogen-bond acceptors (Lipinski definition) is 6. The van der Waals surface area contributed by atoms with Gasteiger partial charge in [-0.25, -0.2) is 0 Å². The molecule has 1 aliphatic carbocycles. The van der Waals surface area contributed by atoms with Gasteiger partial charge in [0.25, 0.3) is 11.6 Å². The Morgan fingerprint density at radius 1 is 1.12 bits per heavy atom. The van der Waals surface area contributed by atoms with Crippen molar-refractivity contribution in [3.63, 3.8) is 0 Å². The van der Waals surface area contributed by atoms with Gasteiger partial charge in [0.15, 0.2) is 0 Å². The first-order valence-electron chi connectivity index (χ1n) is 10.7. The number of amides is 1. The van der Waals surface area contributed by atoms with Crippen LogP contribution >= 0.6 is 11.6 Å². The summed E-state index contributed by atoms with van der Waals surface area (Å²) in [7, 11) is 0. The second-order valence-corrected chi connectivity index (χ2v) is 8.24. The fourth-order valence-electron chi connectivity index (χ4n) is 4.05. The molecule has 2 aromatic carbocycles. The van der Waals surface area contributed by atoms with E-state index in [-0.39, 0.29) is 17.6 Å². The highest BCUT2D eigenvalue weighted by molar-refractivity contribution is 6.33. The predicted octanol–water partition coefficient (Wildman–Crippen LogP) is 5.32. The molecule has 4 rings (SSSR count). The summed E-state index contributed by atoms with van der Waals surface area (Å²) in [5, 5.41) is 15.3. The number of nitro groups is 1. The summed E-state index contributed by atoms with van der Waals surface area (Å²) in [5.41, 5.74) is 1.12. The van der Waals surface area contributed by atoms with Crippen molar-refractivity contribution >= 4 is 23.2 Å². The van der Waals surface area contributed by atoms with Crippen molar-refractivity contribution < 1.29 is 14.2 Å². The molecule has 1 saturated carbocycles. The second-order valence-electron chi connectivity index (χ2n) is 7.84. The van der Waals surface area contributed by atoms with Crippen LogP contribution in [0.4, 0.5) is 5.69 Å². The minimum atomic E-state index is -0.457. The topological polar surface area (TPSA) is 102 Å². The average Bonchev–Trinajstić information content (AvgIpc) is 3.29. The third kappa shape index (κ3) is 4.96. The van der Waals surface area contributed by atoms with Gasteiger partial charge in [0, 0.05) is 36.7 Å². The highest BCUT2D eigenvalue weighted by Gasteiger charge is 2.27. The maximum atomic E-state index is 13.3. The van der Waals surface area contributed by atoms with E-state index >= 15 is 0 Å². The molecule has 0 aliphatic heterocycles. The van der Waals surface area contributed by atoms with Crippen LogP contribution in [0.1, 0.15) is 48.4 Å². The molecule has 0 spiro atoms. The zero-order valence-electron chi connectivity index (χ0n) is 17.4. The van der Waals surface area contributed by atoms with E-state index in [4.69, 9.17) is 16.1 Å². The predicted molar refractivity (Wildman–Crippen MR) is 119 cm³/mol. The summed E-state index contributed by atoms with van der Waals surface area (Å²) in [4.78, 5) is 30.0. The lowest BCUT2D eigenvalue weighted by Crippen LogP contribution is -2.42. The van der Waals surface area contributed by atoms with E-state index in [9.17, 15) is 14.9 Å². The Morgan fingerprint density at radius 3 is 2.53 bits per heavy atom. The molecule has 3 aromatic rings. The highest BCUT2D eigenvalue weighted by Crippen LogP contribution is 2.27. The summed E-state index contributed by atoms with van der Waals surface area (Å²) < 4.78 is 5.38. The van der Waals surface area contributed by atoms with E-state index in [1.165, 1.54) is 18.6 Å². The smallest absolute Gasteiger partial charge is 0.269 e. The van der Waals surface area contributed by atoms with Gasteiger partial charge >= 0.3 is 0 Å². The average molecular weight is 455 g/mol. The molecule has 0 radical (unpaired) electrons. The van der Waals surface area contributed by atoms with Gasteiger partial charge < -0.3 is 9.42 Å². The Hall–Kier alpha value is -3.26. The molecule has 1 amide bonds. The van der Waals surface area contributed by atoms with Gasteiger partial charge in [-0.15, -0.1) is 0 Å². The van der Waals surface area contributed by atoms with Gasteiger partial charge in [-0.2, -0.15) is 4.98 Å². The summed E-state index contributed by atoms with van der Waals surface area (Å²) in [6, 6.07) is 13.2. The van der Waals surface area contributed by atoms with E-state index in [1.54, 1.807) is 24.3 Å². The first kappa shape index (κ1) is 22.0. The lowest BCUT2D eigenvalue weighted by Gasteiger charge is -2.34. The number of aromatic nitrogens is 2. The number of halogens is 1. The van der Waals surface area contributed by atoms with E-state index in [1.807, 2.05) is 17.0 Å². The van der Waals surface area contributed by atoms with Crippen LogP contribution < -0.4 is 0 Å². The number of nitrogens with zero attached hydrogens (tertiary/aromatic N) is 4. The lowest BCUT2D eigenvalue weighted by atomic mass is 9.93. The summed E-state index contributed by atoms with van der Waals surface area (Å²) in [6.45, 7) is 0.441. The molecular formula is C23H23ClN4O4. The SMILES string of the molecule is O=C(c1ccccc1Cl)N(CCc1nc(-c2ccc([N+](=O)[O-])cc2)no1)C1CCCCC1. The van der Waals surface area contributed by atoms with Crippen molar-refractivity contribution in [1.29, 1.82) is 0 Å². The molecule has 8 nitrogen and oxygen atoms in total. The van der Waals surface area contributed by atoms with Crippen LogP contribution in [-0.4, -0.2) is 38.5 Å². The standard InChI is InChI=1S/C23H23ClN4O4/c24-20-9-5-4-8-19(20)23(29)27(17-6-2-1-3-7-17)15-14-21-25-22(26-32-21)16-10-12-18(13-11-16)28(30)31/h4-5,8-13,17H,1-3,6-7,14-15H2. The largest absolute Gasteiger partial charge is 0.339 e. The van der Waals surface area contributed by atoms with E-state index < -0.39 is 4.92 Å². The molecule has 32 heavy (non-hydrogen) atoms. The summed E-state index contributed by atoms with van der Waals surface area (Å²) >= 11 is 6.29. The van der Waals surface area contributed by atoms with E-state index in [0.717, 1.165) is 25.7 Å². The maximum absolute atomic E-state index is 13.3. The number of hydrogen-bond donors (Lipinski definition) is 0. The zero-order valence-corrected chi connectivity index (χ0v) is 18.2. The number of carbonyl (C=O) groups excluding carboxylic acids is 1. The highest BCUT2D eigenvalue weighted by atomic mass is 35.5. The quantitative estimate of drug-likeness (QED) is 0.353. The van der Waals surface area contributed by atoms with Crippen molar-refractivity contribution in [2.75, 3.05) is 6.54 Å². The lowest BCUT2D eigenvalue weighted by molar-refractivity contribution is -0.384. The molecule has 9 heteroatoms. The molecule has 0 unspecified atom stereocenters. The molecule has 0 N–H and O–H groups in total. The van der Waals surface area contributed by atoms with Crippen molar-refractivity contribution in [3.8, 4) is 11.4 Å². The first-order chi connectivity index (χ1) is 15.5. The summed E-state index contributed by atoms with van der Waals surface area (Å²) in [5.74, 6) is 0.681. The Balaban J connectivity index is 1.49. The molecule has 0 atom stereocenters. The molecule has 1 fully saturated rings. The number of carbonyl (C=O) groups is 1. The van der Waals surface area contributed by atoms with Crippen molar-refractivity contribution in [2.45, 2.75) is 44.6 Å². The zero-order chi connectivity index (χ0) is 22.5. The fraction of sp³-hybridized carbons (Fsp3) is 0.348. The summed E-state index contributed by atoms with van der Waals surface area (Å²) in [6.07, 6.45) is 5.73. The van der Waals surface area contributed by atoms with Crippen molar-refractivity contribution in [2.24, 2.45) is 0 Å². The molecule has 1 aliphatic rings. The Kier molecular flexibility index (Phi) is 6.80. The minimum absolute atomic E-state index is 0.00122. The minimum Gasteiger partial charge on any atom is -0.339 e. The van der Waals surface area contributed by atoms with E-state index in [2.05, 4.69) is 10.1 Å². The fourth-order valence-corrected chi connectivity index (χ4v) is 4.27. The van der Waals surface area contributed by atoms with Crippen molar-refractivity contribution in [3.05, 3.63) is 75.1 Å². The van der Waals surface area contributed by atoms with Crippen LogP contribution in [0.15, 0.2) is 53.1 Å². The number of nitro benzene ring substituents is 1. The normalized spacial score (nSPS) is 14.3. The van der Waals surface area contributed by atoms with Gasteiger partial charge in [-0.3, -0.25) is 14.9 Å². The van der Waals surface area contributed by atoms with Gasteiger partial charge in [0.1, 0.15) is 0 Å². The number of rotatable bonds is 7. The van der Waals surface area contributed by atoms with Crippen molar-refractivity contribution in [1.82, 2.24) is 15.0 Å².